The van der Waals surface area contributed by atoms with Crippen molar-refractivity contribution < 1.29 is 4.79 Å². The summed E-state index contributed by atoms with van der Waals surface area (Å²) >= 11 is 5.42. The van der Waals surface area contributed by atoms with Crippen LogP contribution in [-0.4, -0.2) is 27.0 Å². The van der Waals surface area contributed by atoms with Crippen LogP contribution in [0.25, 0.3) is 11.0 Å². The predicted octanol–water partition coefficient (Wildman–Crippen LogP) is 1.75. The molecule has 0 aromatic carbocycles. The molecule has 16 heavy (non-hydrogen) atoms. The number of alkyl halides is 1. The molecule has 2 N–H and O–H groups in total. The number of rotatable bonds is 2. The van der Waals surface area contributed by atoms with Crippen LogP contribution in [0.2, 0.25) is 0 Å². The number of aromatic amines is 1. The third kappa shape index (κ3) is 1.86. The standard InChI is InChI=1S/C10H11ClN4O/c1-5-3-6(2)12-9-8(5)10(15-14-9)13-7(16)4-11/h3H,4H2,1-2H3,(H2,12,13,14,15,16). The van der Waals surface area contributed by atoms with E-state index >= 15 is 0 Å². The molecule has 0 aliphatic rings. The molecule has 2 heterocycles. The summed E-state index contributed by atoms with van der Waals surface area (Å²) in [6.07, 6.45) is 0. The molecule has 0 bridgehead atoms. The molecule has 0 radical (unpaired) electrons. The van der Waals surface area contributed by atoms with E-state index in [-0.39, 0.29) is 11.8 Å². The predicted molar refractivity (Wildman–Crippen MR) is 62.7 cm³/mol. The van der Waals surface area contributed by atoms with Crippen LogP contribution in [0.15, 0.2) is 6.07 Å². The quantitative estimate of drug-likeness (QED) is 0.783. The first-order valence-corrected chi connectivity index (χ1v) is 5.33. The first-order chi connectivity index (χ1) is 7.61. The SMILES string of the molecule is Cc1cc(C)c2c(NC(=O)CCl)n[nH]c2n1. The average molecular weight is 239 g/mol. The number of fused-ring (bicyclic) bond motifs is 1. The second kappa shape index (κ2) is 4.09. The number of carbonyl (C=O) groups excluding carboxylic acids is 1. The van der Waals surface area contributed by atoms with Crippen molar-refractivity contribution in [3.8, 4) is 0 Å². The van der Waals surface area contributed by atoms with Crippen molar-refractivity contribution >= 4 is 34.4 Å². The van der Waals surface area contributed by atoms with Crippen molar-refractivity contribution in [1.82, 2.24) is 15.2 Å². The topological polar surface area (TPSA) is 70.7 Å². The van der Waals surface area contributed by atoms with Crippen LogP contribution in [0.3, 0.4) is 0 Å². The lowest BCUT2D eigenvalue weighted by Gasteiger charge is -2.01. The summed E-state index contributed by atoms with van der Waals surface area (Å²) in [5, 5.41) is 10.2. The monoisotopic (exact) mass is 238 g/mol. The van der Waals surface area contributed by atoms with Gasteiger partial charge in [-0.2, -0.15) is 5.10 Å². The van der Waals surface area contributed by atoms with Crippen LogP contribution >= 0.6 is 11.6 Å². The van der Waals surface area contributed by atoms with Gasteiger partial charge in [-0.1, -0.05) is 0 Å². The Morgan fingerprint density at radius 3 is 3.00 bits per heavy atom. The zero-order valence-electron chi connectivity index (χ0n) is 8.97. The Morgan fingerprint density at radius 1 is 1.56 bits per heavy atom. The molecule has 0 saturated carbocycles. The van der Waals surface area contributed by atoms with E-state index in [1.54, 1.807) is 0 Å². The van der Waals surface area contributed by atoms with E-state index in [4.69, 9.17) is 11.6 Å². The highest BCUT2D eigenvalue weighted by molar-refractivity contribution is 6.29. The van der Waals surface area contributed by atoms with Gasteiger partial charge in [-0.15, -0.1) is 11.6 Å². The molecule has 0 spiro atoms. The Kier molecular flexibility index (Phi) is 2.78. The maximum absolute atomic E-state index is 11.2. The van der Waals surface area contributed by atoms with Crippen molar-refractivity contribution in [3.63, 3.8) is 0 Å². The van der Waals surface area contributed by atoms with E-state index in [0.29, 0.717) is 11.5 Å². The van der Waals surface area contributed by atoms with Gasteiger partial charge in [0.1, 0.15) is 5.88 Å². The Balaban J connectivity index is 2.52. The fourth-order valence-corrected chi connectivity index (χ4v) is 1.70. The molecule has 0 aliphatic heterocycles. The molecule has 1 amide bonds. The van der Waals surface area contributed by atoms with Gasteiger partial charge in [0.25, 0.3) is 0 Å². The lowest BCUT2D eigenvalue weighted by molar-refractivity contribution is -0.113. The minimum absolute atomic E-state index is 0.0906. The number of carbonyl (C=O) groups is 1. The lowest BCUT2D eigenvalue weighted by atomic mass is 10.2. The van der Waals surface area contributed by atoms with E-state index in [2.05, 4.69) is 20.5 Å². The zero-order chi connectivity index (χ0) is 11.7. The number of hydrogen-bond acceptors (Lipinski definition) is 3. The normalized spacial score (nSPS) is 10.7. The van der Waals surface area contributed by atoms with Gasteiger partial charge in [-0.05, 0) is 25.5 Å². The lowest BCUT2D eigenvalue weighted by Crippen LogP contribution is -2.13. The largest absolute Gasteiger partial charge is 0.308 e. The molecule has 5 nitrogen and oxygen atoms in total. The molecule has 2 aromatic heterocycles. The molecule has 0 atom stereocenters. The number of anilines is 1. The van der Waals surface area contributed by atoms with Gasteiger partial charge in [-0.25, -0.2) is 4.98 Å². The molecule has 0 unspecified atom stereocenters. The second-order valence-corrected chi connectivity index (χ2v) is 3.83. The first kappa shape index (κ1) is 10.9. The van der Waals surface area contributed by atoms with Crippen molar-refractivity contribution in [2.75, 3.05) is 11.2 Å². The molecular formula is C10H11ClN4O. The van der Waals surface area contributed by atoms with Crippen LogP contribution in [-0.2, 0) is 4.79 Å². The van der Waals surface area contributed by atoms with Gasteiger partial charge in [0.2, 0.25) is 5.91 Å². The molecule has 0 aliphatic carbocycles. The average Bonchev–Trinajstić information content (AvgIpc) is 2.61. The van der Waals surface area contributed by atoms with Crippen LogP contribution < -0.4 is 5.32 Å². The Bertz CT molecular complexity index is 549. The highest BCUT2D eigenvalue weighted by Crippen LogP contribution is 2.23. The Labute approximate surface area is 97.2 Å². The molecule has 2 aromatic rings. The maximum atomic E-state index is 11.2. The number of hydrogen-bond donors (Lipinski definition) is 2. The summed E-state index contributed by atoms with van der Waals surface area (Å²) in [6.45, 7) is 3.85. The third-order valence-corrected chi connectivity index (χ3v) is 2.48. The summed E-state index contributed by atoms with van der Waals surface area (Å²) in [4.78, 5) is 15.5. The fraction of sp³-hybridized carbons (Fsp3) is 0.300. The van der Waals surface area contributed by atoms with Crippen LogP contribution in [0.1, 0.15) is 11.3 Å². The summed E-state index contributed by atoms with van der Waals surface area (Å²) < 4.78 is 0. The van der Waals surface area contributed by atoms with Gasteiger partial charge in [0, 0.05) is 5.69 Å². The van der Waals surface area contributed by atoms with Crippen molar-refractivity contribution in [1.29, 1.82) is 0 Å². The van der Waals surface area contributed by atoms with Crippen molar-refractivity contribution in [3.05, 3.63) is 17.3 Å². The summed E-state index contributed by atoms with van der Waals surface area (Å²) in [5.41, 5.74) is 2.59. The van der Waals surface area contributed by atoms with Gasteiger partial charge in [0.05, 0.1) is 5.39 Å². The number of nitrogens with one attached hydrogen (secondary N) is 2. The number of pyridine rings is 1. The maximum Gasteiger partial charge on any atom is 0.240 e. The second-order valence-electron chi connectivity index (χ2n) is 3.56. The number of amides is 1. The van der Waals surface area contributed by atoms with Crippen molar-refractivity contribution in [2.45, 2.75) is 13.8 Å². The Morgan fingerprint density at radius 2 is 2.31 bits per heavy atom. The molecule has 0 saturated heterocycles. The van der Waals surface area contributed by atoms with Gasteiger partial charge < -0.3 is 5.32 Å². The number of aryl methyl sites for hydroxylation is 2. The van der Waals surface area contributed by atoms with E-state index < -0.39 is 0 Å². The number of halogens is 1. The van der Waals surface area contributed by atoms with Crippen molar-refractivity contribution in [2.24, 2.45) is 0 Å². The van der Waals surface area contributed by atoms with E-state index in [9.17, 15) is 4.79 Å². The van der Waals surface area contributed by atoms with Gasteiger partial charge >= 0.3 is 0 Å². The first-order valence-electron chi connectivity index (χ1n) is 4.80. The van der Waals surface area contributed by atoms with Gasteiger partial charge in [-0.3, -0.25) is 9.89 Å². The van der Waals surface area contributed by atoms with Crippen LogP contribution in [0.4, 0.5) is 5.82 Å². The molecule has 6 heteroatoms. The minimum Gasteiger partial charge on any atom is -0.308 e. The number of aromatic nitrogens is 3. The van der Waals surface area contributed by atoms with E-state index in [1.165, 1.54) is 0 Å². The molecular weight excluding hydrogens is 228 g/mol. The van der Waals surface area contributed by atoms with Crippen LogP contribution in [0.5, 0.6) is 0 Å². The number of H-pyrrole nitrogens is 1. The highest BCUT2D eigenvalue weighted by atomic mass is 35.5. The summed E-state index contributed by atoms with van der Waals surface area (Å²) in [5.74, 6) is 0.105. The van der Waals surface area contributed by atoms with Crippen LogP contribution in [0, 0.1) is 13.8 Å². The smallest absolute Gasteiger partial charge is 0.240 e. The fourth-order valence-electron chi connectivity index (χ4n) is 1.64. The summed E-state index contributed by atoms with van der Waals surface area (Å²) in [6, 6.07) is 1.94. The zero-order valence-corrected chi connectivity index (χ0v) is 9.72. The third-order valence-electron chi connectivity index (χ3n) is 2.23. The van der Waals surface area contributed by atoms with E-state index in [0.717, 1.165) is 16.6 Å². The molecule has 2 rings (SSSR count). The highest BCUT2D eigenvalue weighted by Gasteiger charge is 2.12. The molecule has 84 valence electrons. The minimum atomic E-state index is -0.282. The Hall–Kier alpha value is -1.62. The summed E-state index contributed by atoms with van der Waals surface area (Å²) in [7, 11) is 0. The van der Waals surface area contributed by atoms with E-state index in [1.807, 2.05) is 19.9 Å². The van der Waals surface area contributed by atoms with Gasteiger partial charge in [0.15, 0.2) is 11.5 Å². The number of nitrogens with zero attached hydrogens (tertiary/aromatic N) is 2. The molecule has 0 fully saturated rings.